The van der Waals surface area contributed by atoms with E-state index in [9.17, 15) is 9.18 Å². The van der Waals surface area contributed by atoms with Crippen LogP contribution in [-0.4, -0.2) is 38.4 Å². The van der Waals surface area contributed by atoms with Crippen LogP contribution in [0.2, 0.25) is 0 Å². The first-order chi connectivity index (χ1) is 17.1. The molecule has 2 aromatic heterocycles. The Morgan fingerprint density at radius 2 is 1.83 bits per heavy atom. The summed E-state index contributed by atoms with van der Waals surface area (Å²) in [6.07, 6.45) is 6.08. The molecule has 4 aromatic rings. The predicted molar refractivity (Wildman–Crippen MR) is 134 cm³/mol. The van der Waals surface area contributed by atoms with Crippen molar-refractivity contribution in [1.82, 2.24) is 19.4 Å². The number of rotatable bonds is 6. The van der Waals surface area contributed by atoms with Crippen LogP contribution in [0.1, 0.15) is 57.5 Å². The zero-order valence-electron chi connectivity index (χ0n) is 19.9. The molecule has 1 saturated heterocycles. The zero-order valence-corrected chi connectivity index (χ0v) is 19.9. The molecule has 1 fully saturated rings. The van der Waals surface area contributed by atoms with Gasteiger partial charge in [0.2, 0.25) is 0 Å². The Hall–Kier alpha value is -3.80. The molecule has 1 atom stereocenters. The average Bonchev–Trinajstić information content (AvgIpc) is 3.30. The number of pyridine rings is 1. The van der Waals surface area contributed by atoms with Gasteiger partial charge in [0.1, 0.15) is 11.6 Å². The molecule has 6 heteroatoms. The first-order valence-electron chi connectivity index (χ1n) is 12.1. The molecule has 3 heterocycles. The molecule has 0 radical (unpaired) electrons. The number of halogens is 1. The number of carbonyl (C=O) groups is 1. The number of piperidine rings is 1. The van der Waals surface area contributed by atoms with Crippen molar-refractivity contribution in [2.45, 2.75) is 38.6 Å². The van der Waals surface area contributed by atoms with Gasteiger partial charge in [0.05, 0.1) is 0 Å². The van der Waals surface area contributed by atoms with Crippen molar-refractivity contribution < 1.29 is 9.18 Å². The molecule has 1 aliphatic rings. The number of aryl methyl sites for hydroxylation is 1. The topological polar surface area (TPSA) is 51.0 Å². The van der Waals surface area contributed by atoms with E-state index >= 15 is 0 Å². The maximum Gasteiger partial charge on any atom is 0.254 e. The first kappa shape index (κ1) is 23.0. The van der Waals surface area contributed by atoms with E-state index in [1.165, 1.54) is 6.07 Å². The minimum Gasteiger partial charge on any atom is -0.338 e. The van der Waals surface area contributed by atoms with E-state index in [0.717, 1.165) is 47.7 Å². The van der Waals surface area contributed by atoms with Crippen molar-refractivity contribution in [2.75, 3.05) is 13.1 Å². The summed E-state index contributed by atoms with van der Waals surface area (Å²) >= 11 is 0. The minimum absolute atomic E-state index is 0.0607. The lowest BCUT2D eigenvalue weighted by molar-refractivity contribution is 0.0704. The Bertz CT molecular complexity index is 1330. The highest BCUT2D eigenvalue weighted by Crippen LogP contribution is 2.28. The van der Waals surface area contributed by atoms with Gasteiger partial charge < -0.3 is 9.47 Å². The Kier molecular flexibility index (Phi) is 6.70. The molecule has 0 N–H and O–H groups in total. The van der Waals surface area contributed by atoms with Gasteiger partial charge in [-0.05, 0) is 55.2 Å². The molecule has 35 heavy (non-hydrogen) atoms. The summed E-state index contributed by atoms with van der Waals surface area (Å²) < 4.78 is 16.2. The normalized spacial score (nSPS) is 15.8. The quantitative estimate of drug-likeness (QED) is 0.382. The molecule has 2 aromatic carbocycles. The van der Waals surface area contributed by atoms with Gasteiger partial charge in [-0.3, -0.25) is 9.78 Å². The summed E-state index contributed by atoms with van der Waals surface area (Å²) in [5.74, 6) is 0.937. The van der Waals surface area contributed by atoms with Crippen LogP contribution in [0, 0.1) is 12.7 Å². The van der Waals surface area contributed by atoms with Crippen LogP contribution in [-0.2, 0) is 13.0 Å². The SMILES string of the molecule is Cc1nccn1Cc1ccccc1C(=O)N1CCC[C@@H](c2cccc(Cc3ccccc3F)n2)C1. The van der Waals surface area contributed by atoms with Gasteiger partial charge in [0.15, 0.2) is 0 Å². The monoisotopic (exact) mass is 468 g/mol. The van der Waals surface area contributed by atoms with Crippen LogP contribution in [0.4, 0.5) is 4.39 Å². The van der Waals surface area contributed by atoms with Gasteiger partial charge in [-0.1, -0.05) is 42.5 Å². The van der Waals surface area contributed by atoms with E-state index in [1.807, 2.05) is 66.6 Å². The average molecular weight is 469 g/mol. The van der Waals surface area contributed by atoms with Crippen LogP contribution >= 0.6 is 0 Å². The molecule has 0 bridgehead atoms. The molecule has 0 unspecified atom stereocenters. The van der Waals surface area contributed by atoms with Crippen molar-refractivity contribution in [3.05, 3.63) is 119 Å². The van der Waals surface area contributed by atoms with Crippen molar-refractivity contribution in [1.29, 1.82) is 0 Å². The van der Waals surface area contributed by atoms with Crippen molar-refractivity contribution >= 4 is 5.91 Å². The maximum absolute atomic E-state index is 14.1. The van der Waals surface area contributed by atoms with E-state index in [2.05, 4.69) is 9.55 Å². The fourth-order valence-electron chi connectivity index (χ4n) is 4.86. The summed E-state index contributed by atoms with van der Waals surface area (Å²) in [5.41, 5.74) is 4.19. The molecule has 0 aliphatic carbocycles. The van der Waals surface area contributed by atoms with Crippen LogP contribution in [0.3, 0.4) is 0 Å². The second kappa shape index (κ2) is 10.2. The summed E-state index contributed by atoms with van der Waals surface area (Å²) in [6.45, 7) is 3.95. The number of hydrogen-bond donors (Lipinski definition) is 0. The van der Waals surface area contributed by atoms with Gasteiger partial charge in [0, 0.05) is 61.3 Å². The highest BCUT2D eigenvalue weighted by atomic mass is 19.1. The zero-order chi connectivity index (χ0) is 24.2. The number of imidazole rings is 1. The Morgan fingerprint density at radius 1 is 1.03 bits per heavy atom. The van der Waals surface area contributed by atoms with Crippen LogP contribution in [0.5, 0.6) is 0 Å². The molecule has 1 amide bonds. The van der Waals surface area contributed by atoms with Crippen LogP contribution < -0.4 is 0 Å². The van der Waals surface area contributed by atoms with Gasteiger partial charge in [0.25, 0.3) is 5.91 Å². The summed E-state index contributed by atoms with van der Waals surface area (Å²) in [6, 6.07) is 20.6. The van der Waals surface area contributed by atoms with Gasteiger partial charge in [-0.2, -0.15) is 0 Å². The third kappa shape index (κ3) is 5.16. The van der Waals surface area contributed by atoms with E-state index in [-0.39, 0.29) is 17.6 Å². The van der Waals surface area contributed by atoms with Crippen molar-refractivity contribution in [3.8, 4) is 0 Å². The molecule has 1 aliphatic heterocycles. The molecule has 5 rings (SSSR count). The van der Waals surface area contributed by atoms with Crippen LogP contribution in [0.15, 0.2) is 79.1 Å². The van der Waals surface area contributed by atoms with Crippen molar-refractivity contribution in [3.63, 3.8) is 0 Å². The number of carbonyl (C=O) groups excluding carboxylic acids is 1. The molecule has 178 valence electrons. The van der Waals surface area contributed by atoms with E-state index in [1.54, 1.807) is 18.3 Å². The van der Waals surface area contributed by atoms with E-state index in [0.29, 0.717) is 25.1 Å². The first-order valence-corrected chi connectivity index (χ1v) is 12.1. The second-order valence-electron chi connectivity index (χ2n) is 9.17. The van der Waals surface area contributed by atoms with Crippen LogP contribution in [0.25, 0.3) is 0 Å². The van der Waals surface area contributed by atoms with E-state index < -0.39 is 0 Å². The van der Waals surface area contributed by atoms with Gasteiger partial charge in [-0.25, -0.2) is 9.37 Å². The fraction of sp³-hybridized carbons (Fsp3) is 0.276. The Labute approximate surface area is 205 Å². The highest BCUT2D eigenvalue weighted by Gasteiger charge is 2.27. The third-order valence-electron chi connectivity index (χ3n) is 6.80. The molecule has 5 nitrogen and oxygen atoms in total. The predicted octanol–water partition coefficient (Wildman–Crippen LogP) is 5.38. The lowest BCUT2D eigenvalue weighted by Crippen LogP contribution is -2.39. The smallest absolute Gasteiger partial charge is 0.254 e. The lowest BCUT2D eigenvalue weighted by atomic mass is 9.93. The van der Waals surface area contributed by atoms with Crippen molar-refractivity contribution in [2.24, 2.45) is 0 Å². The van der Waals surface area contributed by atoms with Gasteiger partial charge in [-0.15, -0.1) is 0 Å². The molecule has 0 spiro atoms. The number of aromatic nitrogens is 3. The molecule has 0 saturated carbocycles. The standard InChI is InChI=1S/C29H29FN4O/c1-21-31-15-17-33(21)19-23-9-2-4-12-26(23)29(35)34-16-7-10-24(20-34)28-14-6-11-25(32-28)18-22-8-3-5-13-27(22)30/h2-6,8-9,11-15,17,24H,7,10,16,18-20H2,1H3/t24-/m1/s1. The highest BCUT2D eigenvalue weighted by molar-refractivity contribution is 5.95. The molecular weight excluding hydrogens is 439 g/mol. The number of likely N-dealkylation sites (tertiary alicyclic amines) is 1. The summed E-state index contributed by atoms with van der Waals surface area (Å²) in [4.78, 5) is 24.7. The molecular formula is C29H29FN4O. The Balaban J connectivity index is 1.32. The largest absolute Gasteiger partial charge is 0.338 e. The number of nitrogens with zero attached hydrogens (tertiary/aromatic N) is 4. The summed E-state index contributed by atoms with van der Waals surface area (Å²) in [7, 11) is 0. The maximum atomic E-state index is 14.1. The summed E-state index contributed by atoms with van der Waals surface area (Å²) in [5, 5.41) is 0. The fourth-order valence-corrected chi connectivity index (χ4v) is 4.86. The second-order valence-corrected chi connectivity index (χ2v) is 9.17. The number of benzene rings is 2. The Morgan fingerprint density at radius 3 is 2.63 bits per heavy atom. The number of hydrogen-bond acceptors (Lipinski definition) is 3. The van der Waals surface area contributed by atoms with Gasteiger partial charge >= 0.3 is 0 Å². The third-order valence-corrected chi connectivity index (χ3v) is 6.80. The number of amides is 1. The minimum atomic E-state index is -0.210. The lowest BCUT2D eigenvalue weighted by Gasteiger charge is -2.33. The van der Waals surface area contributed by atoms with E-state index in [4.69, 9.17) is 4.98 Å².